The molecule has 0 aromatic heterocycles. The lowest BCUT2D eigenvalue weighted by atomic mass is 10.1. The van der Waals surface area contributed by atoms with E-state index in [1.54, 1.807) is 0 Å². The smallest absolute Gasteiger partial charge is 0.403 e. The molecule has 0 radical (unpaired) electrons. The van der Waals surface area contributed by atoms with Gasteiger partial charge in [0.05, 0.1) is 0 Å². The molecule has 4 N–H and O–H groups in total. The molecule has 0 saturated carbocycles. The summed E-state index contributed by atoms with van der Waals surface area (Å²) in [6.45, 7) is 0. The Morgan fingerprint density at radius 2 is 2.00 bits per heavy atom. The lowest BCUT2D eigenvalue weighted by molar-refractivity contribution is -0.157. The minimum atomic E-state index is -4.37. The summed E-state index contributed by atoms with van der Waals surface area (Å²) in [5, 5.41) is 10.4. The molecule has 0 saturated heterocycles. The number of hydrogen-bond donors (Lipinski definition) is 3. The molecular formula is C7H13F3N2O2. The molecule has 2 atom stereocenters. The Morgan fingerprint density at radius 1 is 1.50 bits per heavy atom. The van der Waals surface area contributed by atoms with Crippen LogP contribution in [0.25, 0.3) is 0 Å². The van der Waals surface area contributed by atoms with Crippen LogP contribution in [0.1, 0.15) is 12.8 Å². The molecule has 0 amide bonds. The lowest BCUT2D eigenvalue weighted by Crippen LogP contribution is -2.42. The van der Waals surface area contributed by atoms with E-state index in [9.17, 15) is 18.0 Å². The highest BCUT2D eigenvalue weighted by Gasteiger charge is 2.38. The van der Waals surface area contributed by atoms with E-state index in [-0.39, 0.29) is 12.8 Å². The summed E-state index contributed by atoms with van der Waals surface area (Å²) in [6.07, 6.45) is -4.92. The first-order chi connectivity index (χ1) is 6.29. The SMILES string of the molecule is CN[C@@H](CC[C@H](N)C(=O)O)C(F)(F)F. The number of aliphatic carboxylic acids is 1. The fourth-order valence-corrected chi connectivity index (χ4v) is 0.941. The molecule has 0 aliphatic heterocycles. The molecular weight excluding hydrogens is 201 g/mol. The van der Waals surface area contributed by atoms with Crippen molar-refractivity contribution in [1.29, 1.82) is 0 Å². The lowest BCUT2D eigenvalue weighted by Gasteiger charge is -2.20. The van der Waals surface area contributed by atoms with Crippen LogP contribution in [0.5, 0.6) is 0 Å². The number of alkyl halides is 3. The summed E-state index contributed by atoms with van der Waals surface area (Å²) in [6, 6.07) is -2.94. The number of halogens is 3. The molecule has 0 aromatic rings. The fourth-order valence-electron chi connectivity index (χ4n) is 0.941. The molecule has 0 heterocycles. The van der Waals surface area contributed by atoms with E-state index in [4.69, 9.17) is 10.8 Å². The van der Waals surface area contributed by atoms with Gasteiger partial charge in [-0.25, -0.2) is 0 Å². The van der Waals surface area contributed by atoms with Crippen molar-refractivity contribution in [1.82, 2.24) is 5.32 Å². The Labute approximate surface area is 79.3 Å². The summed E-state index contributed by atoms with van der Waals surface area (Å²) >= 11 is 0. The van der Waals surface area contributed by atoms with Crippen molar-refractivity contribution in [2.45, 2.75) is 31.1 Å². The highest BCUT2D eigenvalue weighted by Crippen LogP contribution is 2.23. The average molecular weight is 214 g/mol. The first-order valence-corrected chi connectivity index (χ1v) is 4.01. The molecule has 0 aliphatic rings. The van der Waals surface area contributed by atoms with Crippen molar-refractivity contribution >= 4 is 5.97 Å². The summed E-state index contributed by atoms with van der Waals surface area (Å²) in [4.78, 5) is 10.2. The predicted octanol–water partition coefficient (Wildman–Crippen LogP) is 0.329. The van der Waals surface area contributed by atoms with Crippen molar-refractivity contribution in [3.63, 3.8) is 0 Å². The van der Waals surface area contributed by atoms with Gasteiger partial charge in [-0.05, 0) is 19.9 Å². The summed E-state index contributed by atoms with van der Waals surface area (Å²) in [5.74, 6) is -1.29. The summed E-state index contributed by atoms with van der Waals surface area (Å²) in [5.41, 5.74) is 5.07. The van der Waals surface area contributed by atoms with Crippen LogP contribution in [0, 0.1) is 0 Å². The van der Waals surface area contributed by atoms with E-state index in [0.717, 1.165) is 0 Å². The molecule has 7 heteroatoms. The predicted molar refractivity (Wildman–Crippen MR) is 43.7 cm³/mol. The van der Waals surface area contributed by atoms with Crippen molar-refractivity contribution in [2.24, 2.45) is 5.73 Å². The molecule has 4 nitrogen and oxygen atoms in total. The zero-order chi connectivity index (χ0) is 11.4. The molecule has 0 fully saturated rings. The van der Waals surface area contributed by atoms with Crippen LogP contribution in [0.4, 0.5) is 13.2 Å². The number of carbonyl (C=O) groups is 1. The van der Waals surface area contributed by atoms with Crippen LogP contribution in [0.15, 0.2) is 0 Å². The number of carboxylic acids is 1. The Bertz CT molecular complexity index is 196. The van der Waals surface area contributed by atoms with Crippen LogP contribution >= 0.6 is 0 Å². The zero-order valence-corrected chi connectivity index (χ0v) is 7.64. The minimum Gasteiger partial charge on any atom is -0.480 e. The largest absolute Gasteiger partial charge is 0.480 e. The van der Waals surface area contributed by atoms with Gasteiger partial charge >= 0.3 is 12.1 Å². The van der Waals surface area contributed by atoms with Crippen molar-refractivity contribution in [3.05, 3.63) is 0 Å². The standard InChI is InChI=1S/C7H13F3N2O2/c1-12-5(7(8,9)10)3-2-4(11)6(13)14/h4-5,12H,2-3,11H2,1H3,(H,13,14)/t4-,5-/m0/s1. The number of carboxylic acid groups (broad SMARTS) is 1. The number of hydrogen-bond acceptors (Lipinski definition) is 3. The van der Waals surface area contributed by atoms with Gasteiger partial charge in [0.2, 0.25) is 0 Å². The van der Waals surface area contributed by atoms with Crippen LogP contribution in [0.2, 0.25) is 0 Å². The van der Waals surface area contributed by atoms with Crippen molar-refractivity contribution < 1.29 is 23.1 Å². The van der Waals surface area contributed by atoms with Crippen LogP contribution in [-0.4, -0.2) is 36.4 Å². The minimum absolute atomic E-state index is 0.208. The Hall–Kier alpha value is -0.820. The Morgan fingerprint density at radius 3 is 2.29 bits per heavy atom. The number of nitrogens with one attached hydrogen (secondary N) is 1. The average Bonchev–Trinajstić information content (AvgIpc) is 2.02. The van der Waals surface area contributed by atoms with Gasteiger partial charge in [-0.15, -0.1) is 0 Å². The van der Waals surface area contributed by atoms with Crippen molar-refractivity contribution in [3.8, 4) is 0 Å². The molecule has 0 rings (SSSR count). The first kappa shape index (κ1) is 13.2. The maximum absolute atomic E-state index is 12.1. The van der Waals surface area contributed by atoms with Crippen LogP contribution < -0.4 is 11.1 Å². The van der Waals surface area contributed by atoms with Gasteiger partial charge in [0.1, 0.15) is 12.1 Å². The third-order valence-electron chi connectivity index (χ3n) is 1.83. The van der Waals surface area contributed by atoms with Gasteiger partial charge in [-0.2, -0.15) is 13.2 Å². The third-order valence-corrected chi connectivity index (χ3v) is 1.83. The first-order valence-electron chi connectivity index (χ1n) is 4.01. The number of rotatable bonds is 5. The molecule has 0 unspecified atom stereocenters. The molecule has 0 spiro atoms. The highest BCUT2D eigenvalue weighted by molar-refractivity contribution is 5.72. The second-order valence-electron chi connectivity index (χ2n) is 2.90. The Balaban J connectivity index is 4.03. The summed E-state index contributed by atoms with van der Waals surface area (Å²) in [7, 11) is 1.17. The molecule has 84 valence electrons. The molecule has 0 aromatic carbocycles. The number of nitrogens with two attached hydrogens (primary N) is 1. The monoisotopic (exact) mass is 214 g/mol. The van der Waals surface area contributed by atoms with Gasteiger partial charge in [0.15, 0.2) is 0 Å². The van der Waals surface area contributed by atoms with E-state index in [1.807, 2.05) is 0 Å². The summed E-state index contributed by atoms with van der Waals surface area (Å²) < 4.78 is 36.4. The maximum atomic E-state index is 12.1. The molecule has 0 aliphatic carbocycles. The van der Waals surface area contributed by atoms with Gasteiger partial charge < -0.3 is 16.2 Å². The topological polar surface area (TPSA) is 75.3 Å². The van der Waals surface area contributed by atoms with E-state index >= 15 is 0 Å². The highest BCUT2D eigenvalue weighted by atomic mass is 19.4. The van der Waals surface area contributed by atoms with Gasteiger partial charge in [-0.1, -0.05) is 0 Å². The van der Waals surface area contributed by atoms with Crippen LogP contribution in [0.3, 0.4) is 0 Å². The fraction of sp³-hybridized carbons (Fsp3) is 0.857. The maximum Gasteiger partial charge on any atom is 0.403 e. The van der Waals surface area contributed by atoms with Crippen LogP contribution in [-0.2, 0) is 4.79 Å². The van der Waals surface area contributed by atoms with Gasteiger partial charge in [0, 0.05) is 0 Å². The van der Waals surface area contributed by atoms with Gasteiger partial charge in [0.25, 0.3) is 0 Å². The second-order valence-corrected chi connectivity index (χ2v) is 2.90. The van der Waals surface area contributed by atoms with E-state index < -0.39 is 24.2 Å². The third kappa shape index (κ3) is 4.43. The van der Waals surface area contributed by atoms with Gasteiger partial charge in [-0.3, -0.25) is 4.79 Å². The van der Waals surface area contributed by atoms with E-state index in [1.165, 1.54) is 7.05 Å². The normalized spacial score (nSPS) is 16.4. The second kappa shape index (κ2) is 5.16. The van der Waals surface area contributed by atoms with E-state index in [2.05, 4.69) is 5.32 Å². The zero-order valence-electron chi connectivity index (χ0n) is 7.64. The van der Waals surface area contributed by atoms with E-state index in [0.29, 0.717) is 0 Å². The Kier molecular flexibility index (Phi) is 4.86. The molecule has 14 heavy (non-hydrogen) atoms. The molecule has 0 bridgehead atoms. The van der Waals surface area contributed by atoms with Crippen molar-refractivity contribution in [2.75, 3.05) is 7.05 Å². The quantitative estimate of drug-likeness (QED) is 0.616.